The fourth-order valence-electron chi connectivity index (χ4n) is 1.91. The molecule has 0 N–H and O–H groups in total. The molecule has 108 valence electrons. The number of sulfone groups is 1. The number of benzene rings is 1. The van der Waals surface area contributed by atoms with Gasteiger partial charge >= 0.3 is 0 Å². The molecule has 2 aromatic rings. The van der Waals surface area contributed by atoms with Crippen LogP contribution >= 0.6 is 0 Å². The quantitative estimate of drug-likeness (QED) is 0.870. The lowest BCUT2D eigenvalue weighted by atomic mass is 9.91. The highest BCUT2D eigenvalue weighted by Gasteiger charge is 2.28. The lowest BCUT2D eigenvalue weighted by Crippen LogP contribution is -2.12. The summed E-state index contributed by atoms with van der Waals surface area (Å²) in [6.45, 7) is 7.99. The van der Waals surface area contributed by atoms with Gasteiger partial charge < -0.3 is 4.42 Å². The smallest absolute Gasteiger partial charge is 0.227 e. The lowest BCUT2D eigenvalue weighted by Gasteiger charge is -2.16. The summed E-state index contributed by atoms with van der Waals surface area (Å²) in [7, 11) is -3.62. The van der Waals surface area contributed by atoms with Crippen molar-refractivity contribution in [3.05, 3.63) is 42.0 Å². The van der Waals surface area contributed by atoms with E-state index >= 15 is 0 Å². The maximum Gasteiger partial charge on any atom is 0.227 e. The molecule has 20 heavy (non-hydrogen) atoms. The fraction of sp³-hybridized carbons (Fsp3) is 0.400. The minimum absolute atomic E-state index is 0.0243. The molecule has 1 aromatic heterocycles. The van der Waals surface area contributed by atoms with Gasteiger partial charge in [0.1, 0.15) is 5.76 Å². The molecule has 1 aromatic carbocycles. The van der Waals surface area contributed by atoms with Crippen molar-refractivity contribution in [2.75, 3.05) is 0 Å². The van der Waals surface area contributed by atoms with E-state index in [0.29, 0.717) is 12.2 Å². The van der Waals surface area contributed by atoms with Crippen molar-refractivity contribution in [1.82, 2.24) is 4.98 Å². The van der Waals surface area contributed by atoms with Gasteiger partial charge in [0.05, 0.1) is 4.90 Å². The number of hydrogen-bond donors (Lipinski definition) is 0. The highest BCUT2D eigenvalue weighted by molar-refractivity contribution is 7.91. The van der Waals surface area contributed by atoms with E-state index < -0.39 is 9.84 Å². The van der Waals surface area contributed by atoms with E-state index in [1.807, 2.05) is 27.7 Å². The van der Waals surface area contributed by atoms with Crippen LogP contribution in [0, 0.1) is 12.3 Å². The Morgan fingerprint density at radius 3 is 2.30 bits per heavy atom. The molecule has 0 fully saturated rings. The zero-order valence-corrected chi connectivity index (χ0v) is 13.0. The fourth-order valence-corrected chi connectivity index (χ4v) is 3.23. The molecule has 0 saturated heterocycles. The van der Waals surface area contributed by atoms with E-state index in [4.69, 9.17) is 4.42 Å². The molecule has 0 saturated carbocycles. The molecular formula is C15H19NO3S. The van der Waals surface area contributed by atoms with E-state index in [1.165, 1.54) is 6.39 Å². The minimum Gasteiger partial charge on any atom is -0.447 e. The normalized spacial score (nSPS) is 12.6. The monoisotopic (exact) mass is 293 g/mol. The predicted molar refractivity (Wildman–Crippen MR) is 76.3 cm³/mol. The first-order valence-corrected chi connectivity index (χ1v) is 7.92. The number of rotatable bonds is 3. The van der Waals surface area contributed by atoms with E-state index in [0.717, 1.165) is 5.56 Å². The summed E-state index contributed by atoms with van der Waals surface area (Å²) in [4.78, 5) is 4.16. The molecule has 1 heterocycles. The summed E-state index contributed by atoms with van der Waals surface area (Å²) in [5.41, 5.74) is 0.941. The van der Waals surface area contributed by atoms with Crippen molar-refractivity contribution in [2.45, 2.75) is 44.0 Å². The van der Waals surface area contributed by atoms with Crippen LogP contribution in [0.3, 0.4) is 0 Å². The van der Waals surface area contributed by atoms with Crippen molar-refractivity contribution >= 4 is 9.84 Å². The number of oxazole rings is 1. The average molecular weight is 293 g/mol. The molecule has 0 amide bonds. The molecule has 0 bridgehead atoms. The van der Waals surface area contributed by atoms with E-state index in [-0.39, 0.29) is 15.3 Å². The second-order valence-electron chi connectivity index (χ2n) is 6.13. The number of aryl methyl sites for hydroxylation is 1. The van der Waals surface area contributed by atoms with Gasteiger partial charge in [-0.15, -0.1) is 0 Å². The third-order valence-corrected chi connectivity index (χ3v) is 4.62. The van der Waals surface area contributed by atoms with Crippen LogP contribution in [0.5, 0.6) is 0 Å². The van der Waals surface area contributed by atoms with Crippen LogP contribution in [0.2, 0.25) is 0 Å². The van der Waals surface area contributed by atoms with Gasteiger partial charge in [-0.05, 0) is 24.5 Å². The minimum atomic E-state index is -3.62. The molecule has 0 atom stereocenters. The number of hydrogen-bond acceptors (Lipinski definition) is 4. The maximum atomic E-state index is 12.6. The number of nitrogens with zero attached hydrogens (tertiary/aromatic N) is 1. The summed E-state index contributed by atoms with van der Waals surface area (Å²) >= 11 is 0. The largest absolute Gasteiger partial charge is 0.447 e. The average Bonchev–Trinajstić information content (AvgIpc) is 2.76. The number of aromatic nitrogens is 1. The second-order valence-corrected chi connectivity index (χ2v) is 8.00. The molecule has 4 nitrogen and oxygen atoms in total. The van der Waals surface area contributed by atoms with Crippen LogP contribution in [0.15, 0.2) is 45.0 Å². The van der Waals surface area contributed by atoms with Crippen LogP contribution < -0.4 is 0 Å². The standard InChI is InChI=1S/C15H19NO3S/c1-11-5-7-12(8-6-11)20(17,18)14-13(19-10-16-14)9-15(2,3)4/h5-8,10H,9H2,1-4H3. The lowest BCUT2D eigenvalue weighted by molar-refractivity contribution is 0.357. The van der Waals surface area contributed by atoms with Crippen LogP contribution in [0.4, 0.5) is 0 Å². The third-order valence-electron chi connectivity index (χ3n) is 2.88. The van der Waals surface area contributed by atoms with Crippen molar-refractivity contribution in [3.63, 3.8) is 0 Å². The van der Waals surface area contributed by atoms with Gasteiger partial charge in [-0.2, -0.15) is 0 Å². The SMILES string of the molecule is Cc1ccc(S(=O)(=O)c2ncoc2CC(C)(C)C)cc1. The van der Waals surface area contributed by atoms with Gasteiger partial charge in [0.15, 0.2) is 6.39 Å². The van der Waals surface area contributed by atoms with Crippen molar-refractivity contribution in [3.8, 4) is 0 Å². The van der Waals surface area contributed by atoms with E-state index in [2.05, 4.69) is 4.98 Å². The van der Waals surface area contributed by atoms with Gasteiger partial charge in [-0.1, -0.05) is 38.5 Å². The summed E-state index contributed by atoms with van der Waals surface area (Å²) in [5, 5.41) is 0.0243. The Morgan fingerprint density at radius 2 is 1.75 bits per heavy atom. The van der Waals surface area contributed by atoms with Crippen molar-refractivity contribution in [2.24, 2.45) is 5.41 Å². The summed E-state index contributed by atoms with van der Waals surface area (Å²) in [6.07, 6.45) is 1.72. The Morgan fingerprint density at radius 1 is 1.15 bits per heavy atom. The Labute approximate surface area is 119 Å². The molecule has 0 unspecified atom stereocenters. The second kappa shape index (κ2) is 5.05. The summed E-state index contributed by atoms with van der Waals surface area (Å²) in [6, 6.07) is 6.74. The molecule has 2 rings (SSSR count). The van der Waals surface area contributed by atoms with Crippen LogP contribution in [0.1, 0.15) is 32.1 Å². The van der Waals surface area contributed by atoms with Gasteiger partial charge in [0, 0.05) is 6.42 Å². The van der Waals surface area contributed by atoms with Crippen molar-refractivity contribution in [1.29, 1.82) is 0 Å². The van der Waals surface area contributed by atoms with Crippen molar-refractivity contribution < 1.29 is 12.8 Å². The molecule has 0 radical (unpaired) electrons. The molecule has 0 aliphatic heterocycles. The summed E-state index contributed by atoms with van der Waals surface area (Å²) in [5.74, 6) is 0.415. The highest BCUT2D eigenvalue weighted by atomic mass is 32.2. The van der Waals surface area contributed by atoms with Crippen LogP contribution in [-0.4, -0.2) is 13.4 Å². The van der Waals surface area contributed by atoms with Gasteiger partial charge in [0.2, 0.25) is 14.9 Å². The first-order chi connectivity index (χ1) is 9.20. The Bertz CT molecular complexity index is 691. The maximum absolute atomic E-state index is 12.6. The van der Waals surface area contributed by atoms with E-state index in [9.17, 15) is 8.42 Å². The van der Waals surface area contributed by atoms with E-state index in [1.54, 1.807) is 24.3 Å². The topological polar surface area (TPSA) is 60.2 Å². The Kier molecular flexibility index (Phi) is 3.73. The highest BCUT2D eigenvalue weighted by Crippen LogP contribution is 2.28. The zero-order chi connectivity index (χ0) is 15.0. The molecule has 5 heteroatoms. The first kappa shape index (κ1) is 14.8. The molecule has 0 aliphatic carbocycles. The zero-order valence-electron chi connectivity index (χ0n) is 12.2. The Balaban J connectivity index is 2.45. The Hall–Kier alpha value is -1.62. The molecule has 0 aliphatic rings. The predicted octanol–water partition coefficient (Wildman–Crippen LogP) is 3.40. The van der Waals surface area contributed by atoms with Crippen LogP contribution in [-0.2, 0) is 16.3 Å². The van der Waals surface area contributed by atoms with Gasteiger partial charge in [-0.3, -0.25) is 0 Å². The molecular weight excluding hydrogens is 274 g/mol. The first-order valence-electron chi connectivity index (χ1n) is 6.44. The van der Waals surface area contributed by atoms with Gasteiger partial charge in [0.25, 0.3) is 0 Å². The third kappa shape index (κ3) is 3.10. The summed E-state index contributed by atoms with van der Waals surface area (Å²) < 4.78 is 30.5. The van der Waals surface area contributed by atoms with Gasteiger partial charge in [-0.25, -0.2) is 13.4 Å². The van der Waals surface area contributed by atoms with Crippen LogP contribution in [0.25, 0.3) is 0 Å². The molecule has 0 spiro atoms.